The summed E-state index contributed by atoms with van der Waals surface area (Å²) in [6, 6.07) is 74.4. The fourth-order valence-electron chi connectivity index (χ4n) is 9.23. The normalized spacial score (nSPS) is 12.7. The van der Waals surface area contributed by atoms with Gasteiger partial charge in [0.1, 0.15) is 0 Å². The van der Waals surface area contributed by atoms with E-state index in [9.17, 15) is 0 Å². The lowest BCUT2D eigenvalue weighted by atomic mass is 9.81. The highest BCUT2D eigenvalue weighted by molar-refractivity contribution is 6.09. The molecule has 11 rings (SSSR count). The van der Waals surface area contributed by atoms with E-state index < -0.39 is 0 Å². The van der Waals surface area contributed by atoms with Gasteiger partial charge in [0, 0.05) is 22.1 Å². The predicted molar refractivity (Wildman–Crippen MR) is 247 cm³/mol. The second kappa shape index (κ2) is 13.9. The molecule has 10 aromatic rings. The van der Waals surface area contributed by atoms with Crippen molar-refractivity contribution in [2.45, 2.75) is 19.3 Å². The maximum atomic E-state index is 5.16. The molecule has 0 spiro atoms. The van der Waals surface area contributed by atoms with Gasteiger partial charge in [-0.05, 0) is 95.4 Å². The maximum Gasteiger partial charge on any atom is 0.160 e. The average Bonchev–Trinajstić information content (AvgIpc) is 3.53. The topological polar surface area (TPSA) is 25.8 Å². The van der Waals surface area contributed by atoms with E-state index in [-0.39, 0.29) is 5.41 Å². The van der Waals surface area contributed by atoms with Crippen molar-refractivity contribution in [3.05, 3.63) is 217 Å². The molecule has 2 heteroatoms. The zero-order valence-electron chi connectivity index (χ0n) is 33.0. The van der Waals surface area contributed by atoms with Crippen LogP contribution in [0.1, 0.15) is 25.0 Å². The molecular weight excluding hydrogens is 713 g/mol. The number of hydrogen-bond acceptors (Lipinski definition) is 2. The Morgan fingerprint density at radius 2 is 0.864 bits per heavy atom. The zero-order valence-corrected chi connectivity index (χ0v) is 33.0. The van der Waals surface area contributed by atoms with Gasteiger partial charge in [-0.3, -0.25) is 0 Å². The van der Waals surface area contributed by atoms with Crippen molar-refractivity contribution >= 4 is 21.5 Å². The van der Waals surface area contributed by atoms with Crippen molar-refractivity contribution in [2.75, 3.05) is 0 Å². The Morgan fingerprint density at radius 3 is 1.54 bits per heavy atom. The molecular formula is C57H40N2. The molecule has 0 saturated heterocycles. The molecule has 1 aromatic heterocycles. The largest absolute Gasteiger partial charge is 0.228 e. The van der Waals surface area contributed by atoms with E-state index in [2.05, 4.69) is 196 Å². The molecule has 2 nitrogen and oxygen atoms in total. The SMILES string of the molecule is CC1(C)c2cc3ccccc3cc2-c2c(-c3c(-c4ccc(-c5cc(-c6ccc(-c7ccccc7)cc6)nc(-c6ccccc6)n5)cc4)ccc4ccccc34)cccc21. The van der Waals surface area contributed by atoms with Crippen molar-refractivity contribution in [1.82, 2.24) is 9.97 Å². The lowest BCUT2D eigenvalue weighted by Crippen LogP contribution is -2.14. The molecule has 0 bridgehead atoms. The number of benzene rings is 9. The van der Waals surface area contributed by atoms with Crippen LogP contribution >= 0.6 is 0 Å². The van der Waals surface area contributed by atoms with Gasteiger partial charge in [-0.15, -0.1) is 0 Å². The first-order chi connectivity index (χ1) is 29.0. The molecule has 278 valence electrons. The minimum Gasteiger partial charge on any atom is -0.228 e. The lowest BCUT2D eigenvalue weighted by molar-refractivity contribution is 0.661. The molecule has 1 aliphatic carbocycles. The molecule has 0 fully saturated rings. The summed E-state index contributed by atoms with van der Waals surface area (Å²) in [6.45, 7) is 4.75. The summed E-state index contributed by atoms with van der Waals surface area (Å²) < 4.78 is 0. The molecule has 0 N–H and O–H groups in total. The Bertz CT molecular complexity index is 3200. The minimum absolute atomic E-state index is 0.129. The van der Waals surface area contributed by atoms with Crippen LogP contribution in [-0.4, -0.2) is 9.97 Å². The van der Waals surface area contributed by atoms with Gasteiger partial charge in [-0.25, -0.2) is 9.97 Å². The van der Waals surface area contributed by atoms with Crippen LogP contribution in [0, 0.1) is 0 Å². The van der Waals surface area contributed by atoms with Gasteiger partial charge in [0.2, 0.25) is 0 Å². The van der Waals surface area contributed by atoms with Gasteiger partial charge in [0.05, 0.1) is 11.4 Å². The Balaban J connectivity index is 1.04. The Labute approximate surface area is 345 Å². The zero-order chi connectivity index (χ0) is 39.5. The third kappa shape index (κ3) is 5.96. The van der Waals surface area contributed by atoms with E-state index in [0.717, 1.165) is 33.6 Å². The molecule has 0 unspecified atom stereocenters. The number of hydrogen-bond donors (Lipinski definition) is 0. The average molecular weight is 753 g/mol. The molecule has 0 saturated carbocycles. The smallest absolute Gasteiger partial charge is 0.160 e. The number of aromatic nitrogens is 2. The van der Waals surface area contributed by atoms with Gasteiger partial charge in [0.15, 0.2) is 5.82 Å². The number of nitrogens with zero attached hydrogens (tertiary/aromatic N) is 2. The van der Waals surface area contributed by atoms with Gasteiger partial charge in [0.25, 0.3) is 0 Å². The monoisotopic (exact) mass is 752 g/mol. The van der Waals surface area contributed by atoms with Crippen LogP contribution in [-0.2, 0) is 5.41 Å². The lowest BCUT2D eigenvalue weighted by Gasteiger charge is -2.22. The van der Waals surface area contributed by atoms with Gasteiger partial charge < -0.3 is 0 Å². The third-order valence-corrected chi connectivity index (χ3v) is 12.3. The minimum atomic E-state index is -0.129. The third-order valence-electron chi connectivity index (χ3n) is 12.3. The van der Waals surface area contributed by atoms with E-state index in [1.165, 1.54) is 71.6 Å². The quantitative estimate of drug-likeness (QED) is 0.169. The Hall–Kier alpha value is -7.42. The first-order valence-electron chi connectivity index (χ1n) is 20.4. The van der Waals surface area contributed by atoms with Crippen LogP contribution in [0.5, 0.6) is 0 Å². The second-order valence-corrected chi connectivity index (χ2v) is 16.2. The molecule has 0 atom stereocenters. The van der Waals surface area contributed by atoms with Crippen molar-refractivity contribution in [1.29, 1.82) is 0 Å². The van der Waals surface area contributed by atoms with Crippen LogP contribution in [0.3, 0.4) is 0 Å². The van der Waals surface area contributed by atoms with Crippen molar-refractivity contribution in [3.8, 4) is 78.4 Å². The highest BCUT2D eigenvalue weighted by Gasteiger charge is 2.37. The number of rotatable bonds is 6. The Morgan fingerprint density at radius 1 is 0.322 bits per heavy atom. The first-order valence-corrected chi connectivity index (χ1v) is 20.4. The molecule has 9 aromatic carbocycles. The van der Waals surface area contributed by atoms with E-state index in [1.54, 1.807) is 0 Å². The summed E-state index contributed by atoms with van der Waals surface area (Å²) in [7, 11) is 0. The summed E-state index contributed by atoms with van der Waals surface area (Å²) in [5.41, 5.74) is 17.4. The van der Waals surface area contributed by atoms with Gasteiger partial charge in [-0.1, -0.05) is 202 Å². The molecule has 0 radical (unpaired) electrons. The van der Waals surface area contributed by atoms with Crippen molar-refractivity contribution in [3.63, 3.8) is 0 Å². The van der Waals surface area contributed by atoms with Crippen LogP contribution in [0.25, 0.3) is 100.0 Å². The number of fused-ring (bicyclic) bond motifs is 5. The standard InChI is InChI=1S/C57H40N2/c1-57(2)50-23-13-22-48(55(50)49-34-44-19-9-10-20-45(44)35-51(49)57)54-46-21-12-11-16-39(46)32-33-47(54)40-26-30-42(31-27-40)53-36-52(58-56(59-53)43-17-7-4-8-18-43)41-28-24-38(25-29-41)37-14-5-3-6-15-37/h3-36H,1-2H3. The molecule has 59 heavy (non-hydrogen) atoms. The summed E-state index contributed by atoms with van der Waals surface area (Å²) in [4.78, 5) is 10.3. The van der Waals surface area contributed by atoms with Crippen LogP contribution in [0.2, 0.25) is 0 Å². The van der Waals surface area contributed by atoms with Crippen LogP contribution in [0.15, 0.2) is 206 Å². The summed E-state index contributed by atoms with van der Waals surface area (Å²) >= 11 is 0. The fraction of sp³-hybridized carbons (Fsp3) is 0.0526. The highest BCUT2D eigenvalue weighted by atomic mass is 14.9. The van der Waals surface area contributed by atoms with E-state index in [1.807, 2.05) is 24.3 Å². The van der Waals surface area contributed by atoms with Crippen LogP contribution in [0.4, 0.5) is 0 Å². The molecule has 1 heterocycles. The molecule has 1 aliphatic rings. The summed E-state index contributed by atoms with van der Waals surface area (Å²) in [5.74, 6) is 0.708. The predicted octanol–water partition coefficient (Wildman–Crippen LogP) is 15.1. The molecule has 0 amide bonds. The van der Waals surface area contributed by atoms with E-state index >= 15 is 0 Å². The fourth-order valence-corrected chi connectivity index (χ4v) is 9.23. The summed E-state index contributed by atoms with van der Waals surface area (Å²) in [6.07, 6.45) is 0. The van der Waals surface area contributed by atoms with Gasteiger partial charge >= 0.3 is 0 Å². The van der Waals surface area contributed by atoms with Crippen molar-refractivity contribution in [2.24, 2.45) is 0 Å². The van der Waals surface area contributed by atoms with E-state index in [4.69, 9.17) is 9.97 Å². The van der Waals surface area contributed by atoms with E-state index in [0.29, 0.717) is 5.82 Å². The van der Waals surface area contributed by atoms with Gasteiger partial charge in [-0.2, -0.15) is 0 Å². The van der Waals surface area contributed by atoms with Crippen molar-refractivity contribution < 1.29 is 0 Å². The maximum absolute atomic E-state index is 5.16. The highest BCUT2D eigenvalue weighted by Crippen LogP contribution is 2.55. The Kier molecular flexibility index (Phi) is 8.20. The first kappa shape index (κ1) is 34.8. The van der Waals surface area contributed by atoms with Crippen LogP contribution < -0.4 is 0 Å². The molecule has 0 aliphatic heterocycles. The summed E-state index contributed by atoms with van der Waals surface area (Å²) in [5, 5.41) is 5.04. The second-order valence-electron chi connectivity index (χ2n) is 16.2.